The molecule has 3 aromatic carbocycles. The monoisotopic (exact) mass is 473 g/mol. The van der Waals surface area contributed by atoms with Crippen molar-refractivity contribution >= 4 is 57.5 Å². The highest BCUT2D eigenvalue weighted by Crippen LogP contribution is 2.33. The lowest BCUT2D eigenvalue weighted by atomic mass is 10.1. The average molecular weight is 474 g/mol. The number of sulfonamides is 2. The number of anilines is 1. The predicted molar refractivity (Wildman–Crippen MR) is 122 cm³/mol. The maximum atomic E-state index is 12.9. The van der Waals surface area contributed by atoms with Crippen LogP contribution in [-0.2, 0) is 20.0 Å². The summed E-state index contributed by atoms with van der Waals surface area (Å²) in [6.45, 7) is 0.993. The molecule has 31 heavy (non-hydrogen) atoms. The fourth-order valence-corrected chi connectivity index (χ4v) is 7.38. The third kappa shape index (κ3) is 3.69. The molecule has 1 aliphatic rings. The SMILES string of the molecule is O=S(=O)(Nc1nc2c(ccc3ccccc32)s1)c1ccc(S(=O)(=O)N2CCCC2)cc1. The van der Waals surface area contributed by atoms with E-state index in [0.717, 1.165) is 33.8 Å². The van der Waals surface area contributed by atoms with Gasteiger partial charge in [-0.15, -0.1) is 0 Å². The van der Waals surface area contributed by atoms with Crippen LogP contribution in [0.25, 0.3) is 21.0 Å². The van der Waals surface area contributed by atoms with Crippen molar-refractivity contribution in [2.24, 2.45) is 0 Å². The topological polar surface area (TPSA) is 96.4 Å². The number of hydrogen-bond acceptors (Lipinski definition) is 6. The largest absolute Gasteiger partial charge is 0.263 e. The second kappa shape index (κ2) is 7.56. The molecule has 1 aliphatic heterocycles. The molecular weight excluding hydrogens is 454 g/mol. The number of thiazole rings is 1. The van der Waals surface area contributed by atoms with Gasteiger partial charge in [-0.1, -0.05) is 41.7 Å². The lowest BCUT2D eigenvalue weighted by molar-refractivity contribution is 0.477. The summed E-state index contributed by atoms with van der Waals surface area (Å²) >= 11 is 1.25. The molecule has 10 heteroatoms. The van der Waals surface area contributed by atoms with Gasteiger partial charge in [0.2, 0.25) is 10.0 Å². The Morgan fingerprint density at radius 1 is 0.839 bits per heavy atom. The van der Waals surface area contributed by atoms with Crippen LogP contribution in [0.4, 0.5) is 5.13 Å². The molecule has 2 heterocycles. The van der Waals surface area contributed by atoms with Crippen molar-refractivity contribution in [1.82, 2.24) is 9.29 Å². The second-order valence-electron chi connectivity index (χ2n) is 7.34. The van der Waals surface area contributed by atoms with Gasteiger partial charge >= 0.3 is 0 Å². The van der Waals surface area contributed by atoms with Gasteiger partial charge < -0.3 is 0 Å². The Balaban J connectivity index is 1.44. The Kier molecular flexibility index (Phi) is 4.97. The van der Waals surface area contributed by atoms with E-state index in [1.807, 2.05) is 36.4 Å². The second-order valence-corrected chi connectivity index (χ2v) is 12.0. The molecule has 1 aromatic heterocycles. The Labute approximate surface area is 184 Å². The maximum Gasteiger partial charge on any atom is 0.263 e. The number of hydrogen-bond donors (Lipinski definition) is 1. The number of benzene rings is 3. The molecule has 1 N–H and O–H groups in total. The van der Waals surface area contributed by atoms with Gasteiger partial charge in [-0.3, -0.25) is 4.72 Å². The van der Waals surface area contributed by atoms with Crippen molar-refractivity contribution in [3.8, 4) is 0 Å². The molecule has 7 nitrogen and oxygen atoms in total. The minimum absolute atomic E-state index is 0.0167. The minimum atomic E-state index is -3.91. The molecule has 0 atom stereocenters. The van der Waals surface area contributed by atoms with E-state index in [2.05, 4.69) is 9.71 Å². The van der Waals surface area contributed by atoms with Gasteiger partial charge in [0.25, 0.3) is 10.0 Å². The van der Waals surface area contributed by atoms with Crippen LogP contribution in [0.2, 0.25) is 0 Å². The van der Waals surface area contributed by atoms with Crippen LogP contribution in [0.15, 0.2) is 70.5 Å². The summed E-state index contributed by atoms with van der Waals surface area (Å²) in [5.41, 5.74) is 0.743. The molecule has 0 bridgehead atoms. The van der Waals surface area contributed by atoms with Crippen LogP contribution in [0.1, 0.15) is 12.8 Å². The normalized spacial score (nSPS) is 15.6. The van der Waals surface area contributed by atoms with Crippen LogP contribution < -0.4 is 4.72 Å². The zero-order valence-corrected chi connectivity index (χ0v) is 18.8. The Bertz CT molecular complexity index is 1490. The number of nitrogens with zero attached hydrogens (tertiary/aromatic N) is 2. The zero-order valence-electron chi connectivity index (χ0n) is 16.4. The van der Waals surface area contributed by atoms with Gasteiger partial charge in [0.1, 0.15) is 0 Å². The zero-order chi connectivity index (χ0) is 21.6. The van der Waals surface area contributed by atoms with Gasteiger partial charge in [0.05, 0.1) is 20.0 Å². The molecule has 4 aromatic rings. The number of nitrogens with one attached hydrogen (secondary N) is 1. The van der Waals surface area contributed by atoms with E-state index in [9.17, 15) is 16.8 Å². The molecule has 5 rings (SSSR count). The van der Waals surface area contributed by atoms with Crippen molar-refractivity contribution < 1.29 is 16.8 Å². The van der Waals surface area contributed by atoms with Gasteiger partial charge in [-0.05, 0) is 48.6 Å². The van der Waals surface area contributed by atoms with E-state index in [1.54, 1.807) is 0 Å². The summed E-state index contributed by atoms with van der Waals surface area (Å²) in [5, 5.41) is 2.25. The molecule has 0 unspecified atom stereocenters. The average Bonchev–Trinajstić information content (AvgIpc) is 3.44. The highest BCUT2D eigenvalue weighted by Gasteiger charge is 2.27. The van der Waals surface area contributed by atoms with Gasteiger partial charge in [-0.25, -0.2) is 21.8 Å². The van der Waals surface area contributed by atoms with Crippen molar-refractivity contribution in [2.45, 2.75) is 22.6 Å². The Morgan fingerprint density at radius 2 is 1.52 bits per heavy atom. The number of rotatable bonds is 5. The standard InChI is InChI=1S/C21H19N3O4S3/c25-30(26,16-8-10-17(11-9-16)31(27,28)24-13-3-4-14-24)23-21-22-20-18-6-2-1-5-15(18)7-12-19(20)29-21/h1-2,5-12H,3-4,13-14H2,(H,22,23). The third-order valence-corrected chi connectivity index (χ3v) is 9.68. The summed E-state index contributed by atoms with van der Waals surface area (Å²) in [6, 6.07) is 17.0. The maximum absolute atomic E-state index is 12.9. The van der Waals surface area contributed by atoms with Gasteiger partial charge in [-0.2, -0.15) is 4.31 Å². The fourth-order valence-electron chi connectivity index (χ4n) is 3.75. The summed E-state index contributed by atoms with van der Waals surface area (Å²) in [6.07, 6.45) is 1.68. The quantitative estimate of drug-likeness (QED) is 0.472. The first-order chi connectivity index (χ1) is 14.8. The fraction of sp³-hybridized carbons (Fsp3) is 0.190. The summed E-state index contributed by atoms with van der Waals surface area (Å²) < 4.78 is 55.8. The van der Waals surface area contributed by atoms with Gasteiger partial charge in [0, 0.05) is 18.5 Å². The Hall–Kier alpha value is -2.53. The third-order valence-electron chi connectivity index (χ3n) is 5.34. The molecule has 0 saturated carbocycles. The smallest absolute Gasteiger partial charge is 0.255 e. The van der Waals surface area contributed by atoms with Crippen molar-refractivity contribution in [2.75, 3.05) is 17.8 Å². The van der Waals surface area contributed by atoms with E-state index in [-0.39, 0.29) is 14.9 Å². The number of fused-ring (bicyclic) bond motifs is 3. The highest BCUT2D eigenvalue weighted by molar-refractivity contribution is 7.93. The summed E-state index contributed by atoms with van der Waals surface area (Å²) in [4.78, 5) is 4.57. The summed E-state index contributed by atoms with van der Waals surface area (Å²) in [5.74, 6) is 0. The van der Waals surface area contributed by atoms with Gasteiger partial charge in [0.15, 0.2) is 5.13 Å². The first-order valence-electron chi connectivity index (χ1n) is 9.76. The van der Waals surface area contributed by atoms with E-state index >= 15 is 0 Å². The minimum Gasteiger partial charge on any atom is -0.255 e. The van der Waals surface area contributed by atoms with Crippen molar-refractivity contribution in [3.05, 3.63) is 60.7 Å². The molecule has 1 saturated heterocycles. The highest BCUT2D eigenvalue weighted by atomic mass is 32.2. The lowest BCUT2D eigenvalue weighted by Crippen LogP contribution is -2.27. The van der Waals surface area contributed by atoms with Crippen LogP contribution >= 0.6 is 11.3 Å². The van der Waals surface area contributed by atoms with E-state index in [0.29, 0.717) is 13.1 Å². The van der Waals surface area contributed by atoms with Crippen molar-refractivity contribution in [3.63, 3.8) is 0 Å². The molecule has 0 aliphatic carbocycles. The van der Waals surface area contributed by atoms with Crippen LogP contribution in [0.5, 0.6) is 0 Å². The molecule has 160 valence electrons. The molecule has 0 radical (unpaired) electrons. The van der Waals surface area contributed by atoms with Crippen molar-refractivity contribution in [1.29, 1.82) is 0 Å². The summed E-state index contributed by atoms with van der Waals surface area (Å²) in [7, 11) is -7.50. The van der Waals surface area contributed by atoms with Crippen LogP contribution in [-0.4, -0.2) is 39.2 Å². The molecule has 0 spiro atoms. The first-order valence-corrected chi connectivity index (χ1v) is 13.5. The Morgan fingerprint density at radius 3 is 2.26 bits per heavy atom. The van der Waals surface area contributed by atoms with Crippen LogP contribution in [0, 0.1) is 0 Å². The molecular formula is C21H19N3O4S3. The number of aromatic nitrogens is 1. The van der Waals surface area contributed by atoms with E-state index in [4.69, 9.17) is 0 Å². The van der Waals surface area contributed by atoms with E-state index in [1.165, 1.54) is 39.9 Å². The predicted octanol–water partition coefficient (Wildman–Crippen LogP) is 4.03. The lowest BCUT2D eigenvalue weighted by Gasteiger charge is -2.15. The molecule has 1 fully saturated rings. The molecule has 0 amide bonds. The van der Waals surface area contributed by atoms with Crippen LogP contribution in [0.3, 0.4) is 0 Å². The first kappa shape index (κ1) is 20.4. The van der Waals surface area contributed by atoms with E-state index < -0.39 is 20.0 Å².